The summed E-state index contributed by atoms with van der Waals surface area (Å²) >= 11 is 0. The molecule has 13 heavy (non-hydrogen) atoms. The Kier molecular flexibility index (Phi) is 2.53. The van der Waals surface area contributed by atoms with Crippen LogP contribution < -0.4 is 0 Å². The fourth-order valence-corrected chi connectivity index (χ4v) is 1.67. The SMILES string of the molecule is OCC1CC(F)(F)C[C@H]1C(F)(F)F. The zero-order chi connectivity index (χ0) is 10.3. The third kappa shape index (κ3) is 2.30. The van der Waals surface area contributed by atoms with Gasteiger partial charge in [-0.2, -0.15) is 13.2 Å². The van der Waals surface area contributed by atoms with Crippen LogP contribution in [-0.2, 0) is 0 Å². The van der Waals surface area contributed by atoms with Gasteiger partial charge < -0.3 is 5.11 Å². The Hall–Kier alpha value is -0.390. The molecule has 0 saturated heterocycles. The Bertz CT molecular complexity index is 188. The van der Waals surface area contributed by atoms with E-state index in [9.17, 15) is 22.0 Å². The van der Waals surface area contributed by atoms with Crippen LogP contribution in [0, 0.1) is 11.8 Å². The molecule has 0 aliphatic heterocycles. The molecular formula is C7H9F5O. The van der Waals surface area contributed by atoms with Crippen molar-refractivity contribution in [3.63, 3.8) is 0 Å². The molecule has 0 aromatic carbocycles. The van der Waals surface area contributed by atoms with Gasteiger partial charge in [-0.25, -0.2) is 8.78 Å². The molecule has 1 rings (SSSR count). The summed E-state index contributed by atoms with van der Waals surface area (Å²) in [5.41, 5.74) is 0. The molecule has 0 aromatic rings. The summed E-state index contributed by atoms with van der Waals surface area (Å²) in [6.07, 6.45) is -6.69. The first-order valence-electron chi connectivity index (χ1n) is 3.81. The third-order valence-corrected chi connectivity index (χ3v) is 2.30. The van der Waals surface area contributed by atoms with Gasteiger partial charge in [0.15, 0.2) is 0 Å². The summed E-state index contributed by atoms with van der Waals surface area (Å²) in [6, 6.07) is 0. The Morgan fingerprint density at radius 3 is 2.08 bits per heavy atom. The Morgan fingerprint density at radius 1 is 1.23 bits per heavy atom. The van der Waals surface area contributed by atoms with Crippen molar-refractivity contribution in [2.75, 3.05) is 6.61 Å². The van der Waals surface area contributed by atoms with E-state index in [1.807, 2.05) is 0 Å². The standard InChI is InChI=1S/C7H9F5O/c8-6(9)1-4(3-13)5(2-6)7(10,11)12/h4-5,13H,1-3H2/t4?,5-/m1/s1. The number of aliphatic hydroxyl groups excluding tert-OH is 1. The van der Waals surface area contributed by atoms with E-state index in [0.717, 1.165) is 0 Å². The molecule has 1 unspecified atom stereocenters. The predicted molar refractivity (Wildman–Crippen MR) is 34.3 cm³/mol. The largest absolute Gasteiger partial charge is 0.396 e. The smallest absolute Gasteiger partial charge is 0.392 e. The van der Waals surface area contributed by atoms with Crippen molar-refractivity contribution in [3.05, 3.63) is 0 Å². The molecule has 0 amide bonds. The van der Waals surface area contributed by atoms with Crippen LogP contribution >= 0.6 is 0 Å². The minimum atomic E-state index is -4.63. The summed E-state index contributed by atoms with van der Waals surface area (Å²) in [7, 11) is 0. The molecule has 1 fully saturated rings. The maximum Gasteiger partial charge on any atom is 0.392 e. The molecule has 0 radical (unpaired) electrons. The van der Waals surface area contributed by atoms with Gasteiger partial charge in [-0.15, -0.1) is 0 Å². The van der Waals surface area contributed by atoms with Crippen molar-refractivity contribution >= 4 is 0 Å². The lowest BCUT2D eigenvalue weighted by atomic mass is 9.97. The number of alkyl halides is 5. The number of rotatable bonds is 1. The van der Waals surface area contributed by atoms with Crippen molar-refractivity contribution < 1.29 is 27.1 Å². The summed E-state index contributed by atoms with van der Waals surface area (Å²) < 4.78 is 61.4. The van der Waals surface area contributed by atoms with Crippen LogP contribution in [0.15, 0.2) is 0 Å². The summed E-state index contributed by atoms with van der Waals surface area (Å²) in [5, 5.41) is 8.50. The lowest BCUT2D eigenvalue weighted by molar-refractivity contribution is -0.189. The van der Waals surface area contributed by atoms with Gasteiger partial charge in [0.25, 0.3) is 0 Å². The van der Waals surface area contributed by atoms with E-state index in [1.165, 1.54) is 0 Å². The molecule has 0 spiro atoms. The first kappa shape index (κ1) is 10.7. The lowest BCUT2D eigenvalue weighted by Gasteiger charge is -2.19. The van der Waals surface area contributed by atoms with E-state index in [1.54, 1.807) is 0 Å². The van der Waals surface area contributed by atoms with Gasteiger partial charge in [-0.05, 0) is 5.92 Å². The van der Waals surface area contributed by atoms with Crippen LogP contribution in [0.4, 0.5) is 22.0 Å². The Labute approximate surface area is 71.5 Å². The molecule has 2 atom stereocenters. The van der Waals surface area contributed by atoms with Crippen LogP contribution in [0.3, 0.4) is 0 Å². The quantitative estimate of drug-likeness (QED) is 0.649. The molecule has 6 heteroatoms. The fraction of sp³-hybridized carbons (Fsp3) is 1.00. The van der Waals surface area contributed by atoms with Crippen LogP contribution in [0.2, 0.25) is 0 Å². The van der Waals surface area contributed by atoms with Crippen LogP contribution in [0.5, 0.6) is 0 Å². The van der Waals surface area contributed by atoms with Crippen molar-refractivity contribution in [2.45, 2.75) is 24.9 Å². The molecule has 0 aromatic heterocycles. The van der Waals surface area contributed by atoms with Crippen LogP contribution in [0.25, 0.3) is 0 Å². The molecule has 0 heterocycles. The van der Waals surface area contributed by atoms with E-state index < -0.39 is 43.4 Å². The highest BCUT2D eigenvalue weighted by Crippen LogP contribution is 2.49. The van der Waals surface area contributed by atoms with Crippen LogP contribution in [-0.4, -0.2) is 23.8 Å². The fourth-order valence-electron chi connectivity index (χ4n) is 1.67. The normalized spacial score (nSPS) is 33.7. The Balaban J connectivity index is 2.75. The average Bonchev–Trinajstić information content (AvgIpc) is 2.24. The van der Waals surface area contributed by atoms with Gasteiger partial charge in [0, 0.05) is 19.4 Å². The van der Waals surface area contributed by atoms with Gasteiger partial charge in [-0.1, -0.05) is 0 Å². The molecule has 1 nitrogen and oxygen atoms in total. The van der Waals surface area contributed by atoms with Crippen molar-refractivity contribution in [1.29, 1.82) is 0 Å². The summed E-state index contributed by atoms with van der Waals surface area (Å²) in [5.74, 6) is -6.70. The van der Waals surface area contributed by atoms with Gasteiger partial charge in [-0.3, -0.25) is 0 Å². The van der Waals surface area contributed by atoms with Crippen LogP contribution in [0.1, 0.15) is 12.8 Å². The maximum absolute atomic E-state index is 12.6. The number of hydrogen-bond acceptors (Lipinski definition) is 1. The van der Waals surface area contributed by atoms with E-state index in [-0.39, 0.29) is 0 Å². The summed E-state index contributed by atoms with van der Waals surface area (Å²) in [6.45, 7) is -0.834. The number of hydrogen-bond donors (Lipinski definition) is 1. The first-order valence-corrected chi connectivity index (χ1v) is 3.81. The minimum Gasteiger partial charge on any atom is -0.396 e. The van der Waals surface area contributed by atoms with E-state index >= 15 is 0 Å². The molecule has 1 N–H and O–H groups in total. The van der Waals surface area contributed by atoms with E-state index in [2.05, 4.69) is 0 Å². The second-order valence-electron chi connectivity index (χ2n) is 3.35. The van der Waals surface area contributed by atoms with Gasteiger partial charge >= 0.3 is 6.18 Å². The van der Waals surface area contributed by atoms with Gasteiger partial charge in [0.1, 0.15) is 0 Å². The van der Waals surface area contributed by atoms with E-state index in [0.29, 0.717) is 0 Å². The highest BCUT2D eigenvalue weighted by molar-refractivity contribution is 4.91. The van der Waals surface area contributed by atoms with E-state index in [4.69, 9.17) is 5.11 Å². The van der Waals surface area contributed by atoms with Crippen molar-refractivity contribution in [3.8, 4) is 0 Å². The molecule has 78 valence electrons. The third-order valence-electron chi connectivity index (χ3n) is 2.30. The number of aliphatic hydroxyl groups is 1. The highest BCUT2D eigenvalue weighted by atomic mass is 19.4. The lowest BCUT2D eigenvalue weighted by Crippen LogP contribution is -2.28. The highest BCUT2D eigenvalue weighted by Gasteiger charge is 2.56. The Morgan fingerprint density at radius 2 is 1.77 bits per heavy atom. The zero-order valence-electron chi connectivity index (χ0n) is 6.61. The zero-order valence-corrected chi connectivity index (χ0v) is 6.61. The number of halogens is 5. The van der Waals surface area contributed by atoms with Crippen molar-refractivity contribution in [1.82, 2.24) is 0 Å². The second-order valence-corrected chi connectivity index (χ2v) is 3.35. The first-order chi connectivity index (χ1) is 5.76. The average molecular weight is 204 g/mol. The second kappa shape index (κ2) is 3.08. The molecular weight excluding hydrogens is 195 g/mol. The predicted octanol–water partition coefficient (Wildman–Crippen LogP) is 2.20. The van der Waals surface area contributed by atoms with Crippen molar-refractivity contribution in [2.24, 2.45) is 11.8 Å². The molecule has 1 aliphatic carbocycles. The van der Waals surface area contributed by atoms with Gasteiger partial charge in [0.2, 0.25) is 5.92 Å². The minimum absolute atomic E-state index is 0.834. The van der Waals surface area contributed by atoms with Gasteiger partial charge in [0.05, 0.1) is 5.92 Å². The molecule has 1 saturated carbocycles. The summed E-state index contributed by atoms with van der Waals surface area (Å²) in [4.78, 5) is 0. The molecule has 0 bridgehead atoms. The monoisotopic (exact) mass is 204 g/mol. The maximum atomic E-state index is 12.6. The topological polar surface area (TPSA) is 20.2 Å². The molecule has 1 aliphatic rings.